The van der Waals surface area contributed by atoms with Crippen LogP contribution in [0.5, 0.6) is 0 Å². The fraction of sp³-hybridized carbons (Fsp3) is 0.235. The molecule has 1 amide bonds. The number of hydrogen-bond acceptors (Lipinski definition) is 3. The van der Waals surface area contributed by atoms with E-state index in [1.54, 1.807) is 19.2 Å². The van der Waals surface area contributed by atoms with Crippen molar-refractivity contribution in [3.63, 3.8) is 0 Å². The van der Waals surface area contributed by atoms with E-state index in [-0.39, 0.29) is 11.7 Å². The number of nitrogens with zero attached hydrogens (tertiary/aromatic N) is 1. The maximum Gasteiger partial charge on any atom is 0.261 e. The Morgan fingerprint density at radius 3 is 3.05 bits per heavy atom. The first-order valence-corrected chi connectivity index (χ1v) is 7.96. The van der Waals surface area contributed by atoms with Gasteiger partial charge in [0.05, 0.1) is 4.88 Å². The van der Waals surface area contributed by atoms with E-state index in [4.69, 9.17) is 0 Å². The predicted octanol–water partition coefficient (Wildman–Crippen LogP) is 3.46. The third kappa shape index (κ3) is 2.52. The number of fused-ring (bicyclic) bond motifs is 3. The molecule has 1 aliphatic heterocycles. The highest BCUT2D eigenvalue weighted by Gasteiger charge is 2.23. The molecule has 2 heterocycles. The predicted molar refractivity (Wildman–Crippen MR) is 89.2 cm³/mol. The van der Waals surface area contributed by atoms with Gasteiger partial charge < -0.3 is 10.2 Å². The van der Waals surface area contributed by atoms with Crippen LogP contribution in [0, 0.1) is 5.82 Å². The first-order valence-electron chi connectivity index (χ1n) is 7.14. The van der Waals surface area contributed by atoms with Crippen LogP contribution in [0.3, 0.4) is 0 Å². The fourth-order valence-corrected chi connectivity index (χ4v) is 3.95. The van der Waals surface area contributed by atoms with Crippen molar-refractivity contribution in [3.05, 3.63) is 53.2 Å². The van der Waals surface area contributed by atoms with Crippen LogP contribution in [0.1, 0.15) is 15.2 Å². The lowest BCUT2D eigenvalue weighted by atomic mass is 10.1. The quantitative estimate of drug-likeness (QED) is 0.880. The monoisotopic (exact) mass is 316 g/mol. The molecule has 1 aromatic carbocycles. The van der Waals surface area contributed by atoms with Crippen LogP contribution in [0.2, 0.25) is 0 Å². The number of nitrogens with one attached hydrogen (secondary N) is 1. The van der Waals surface area contributed by atoms with E-state index >= 15 is 0 Å². The molecule has 3 rings (SSSR count). The molecule has 22 heavy (non-hydrogen) atoms. The number of anilines is 1. The highest BCUT2D eigenvalue weighted by molar-refractivity contribution is 7.17. The smallest absolute Gasteiger partial charge is 0.261 e. The Morgan fingerprint density at radius 2 is 2.32 bits per heavy atom. The lowest BCUT2D eigenvalue weighted by Gasteiger charge is -2.23. The zero-order valence-electron chi connectivity index (χ0n) is 12.4. The molecule has 0 bridgehead atoms. The minimum Gasteiger partial charge on any atom is -0.367 e. The Labute approximate surface area is 133 Å². The summed E-state index contributed by atoms with van der Waals surface area (Å²) < 4.78 is 13.7. The summed E-state index contributed by atoms with van der Waals surface area (Å²) in [5.74, 6) is -0.330. The van der Waals surface area contributed by atoms with Gasteiger partial charge in [0.2, 0.25) is 0 Å². The molecule has 3 nitrogen and oxygen atoms in total. The van der Waals surface area contributed by atoms with E-state index < -0.39 is 0 Å². The molecule has 5 heteroatoms. The summed E-state index contributed by atoms with van der Waals surface area (Å²) in [5.41, 5.74) is 2.99. The van der Waals surface area contributed by atoms with Crippen molar-refractivity contribution in [2.75, 3.05) is 25.0 Å². The summed E-state index contributed by atoms with van der Waals surface area (Å²) in [4.78, 5) is 15.7. The van der Waals surface area contributed by atoms with Gasteiger partial charge in [0.1, 0.15) is 5.82 Å². The standard InChI is InChI=1S/C17H17FN2OS/c1-3-7-20-8-6-11-9-15(17(21)19-2)22-16(11)13-5-4-12(18)10-14(13)20/h3-5,9-10H,1,6-8H2,2H3,(H,19,21). The average Bonchev–Trinajstić information content (AvgIpc) is 2.89. The van der Waals surface area contributed by atoms with E-state index in [1.165, 1.54) is 17.4 Å². The lowest BCUT2D eigenvalue weighted by Crippen LogP contribution is -2.25. The molecular formula is C17H17FN2OS. The molecule has 1 aromatic heterocycles. The van der Waals surface area contributed by atoms with Crippen molar-refractivity contribution in [1.29, 1.82) is 0 Å². The number of halogens is 1. The van der Waals surface area contributed by atoms with Crippen LogP contribution in [0.25, 0.3) is 10.4 Å². The summed E-state index contributed by atoms with van der Waals surface area (Å²) in [7, 11) is 1.63. The van der Waals surface area contributed by atoms with Gasteiger partial charge in [0.25, 0.3) is 5.91 Å². The van der Waals surface area contributed by atoms with Gasteiger partial charge in [-0.1, -0.05) is 6.08 Å². The van der Waals surface area contributed by atoms with Gasteiger partial charge in [-0.05, 0) is 36.2 Å². The van der Waals surface area contributed by atoms with Crippen LogP contribution in [0.15, 0.2) is 36.9 Å². The van der Waals surface area contributed by atoms with Crippen molar-refractivity contribution in [2.24, 2.45) is 0 Å². The molecular weight excluding hydrogens is 299 g/mol. The Balaban J connectivity index is 2.14. The van der Waals surface area contributed by atoms with Crippen molar-refractivity contribution in [1.82, 2.24) is 5.32 Å². The Hall–Kier alpha value is -2.14. The van der Waals surface area contributed by atoms with Crippen LogP contribution in [0.4, 0.5) is 10.1 Å². The molecule has 0 atom stereocenters. The summed E-state index contributed by atoms with van der Waals surface area (Å²) in [6, 6.07) is 6.78. The average molecular weight is 316 g/mol. The van der Waals surface area contributed by atoms with Crippen LogP contribution in [-0.2, 0) is 6.42 Å². The third-order valence-corrected chi connectivity index (χ3v) is 5.01. The highest BCUT2D eigenvalue weighted by atomic mass is 32.1. The van der Waals surface area contributed by atoms with Crippen LogP contribution >= 0.6 is 11.3 Å². The number of rotatable bonds is 3. The highest BCUT2D eigenvalue weighted by Crippen LogP contribution is 2.41. The molecule has 0 saturated heterocycles. The molecule has 0 unspecified atom stereocenters. The Kier molecular flexibility index (Phi) is 3.98. The summed E-state index contributed by atoms with van der Waals surface area (Å²) >= 11 is 1.46. The first-order chi connectivity index (χ1) is 10.6. The zero-order valence-corrected chi connectivity index (χ0v) is 13.2. The molecule has 1 N–H and O–H groups in total. The summed E-state index contributed by atoms with van der Waals surface area (Å²) in [6.07, 6.45) is 2.65. The number of benzene rings is 1. The fourth-order valence-electron chi connectivity index (χ4n) is 2.76. The molecule has 0 radical (unpaired) electrons. The normalized spacial score (nSPS) is 13.1. The second-order valence-electron chi connectivity index (χ2n) is 5.19. The number of hydrogen-bond donors (Lipinski definition) is 1. The minimum absolute atomic E-state index is 0.0790. The van der Waals surface area contributed by atoms with Gasteiger partial charge in [-0.2, -0.15) is 0 Å². The SMILES string of the molecule is C=CCN1CCc2cc(C(=O)NC)sc2-c2ccc(F)cc21. The molecule has 0 saturated carbocycles. The molecule has 0 aliphatic carbocycles. The van der Waals surface area contributed by atoms with Crippen molar-refractivity contribution >= 4 is 22.9 Å². The lowest BCUT2D eigenvalue weighted by molar-refractivity contribution is 0.0967. The van der Waals surface area contributed by atoms with E-state index in [1.807, 2.05) is 12.1 Å². The van der Waals surface area contributed by atoms with Crippen molar-refractivity contribution in [2.45, 2.75) is 6.42 Å². The van der Waals surface area contributed by atoms with E-state index in [2.05, 4.69) is 16.8 Å². The summed E-state index contributed by atoms with van der Waals surface area (Å²) in [5, 5.41) is 2.66. The van der Waals surface area contributed by atoms with E-state index in [9.17, 15) is 9.18 Å². The molecule has 2 aromatic rings. The second kappa shape index (κ2) is 5.93. The van der Waals surface area contributed by atoms with E-state index in [0.717, 1.165) is 34.7 Å². The topological polar surface area (TPSA) is 32.3 Å². The van der Waals surface area contributed by atoms with Gasteiger partial charge in [0, 0.05) is 36.3 Å². The van der Waals surface area contributed by atoms with Crippen LogP contribution < -0.4 is 10.2 Å². The molecule has 0 fully saturated rings. The van der Waals surface area contributed by atoms with Crippen molar-refractivity contribution < 1.29 is 9.18 Å². The van der Waals surface area contributed by atoms with Crippen LogP contribution in [-0.4, -0.2) is 26.0 Å². The zero-order chi connectivity index (χ0) is 15.7. The van der Waals surface area contributed by atoms with E-state index in [0.29, 0.717) is 11.4 Å². The maximum absolute atomic E-state index is 13.7. The van der Waals surface area contributed by atoms with Gasteiger partial charge in [0.15, 0.2) is 0 Å². The number of carbonyl (C=O) groups is 1. The number of carbonyl (C=O) groups excluding carboxylic acids is 1. The summed E-state index contributed by atoms with van der Waals surface area (Å²) in [6.45, 7) is 5.23. The second-order valence-corrected chi connectivity index (χ2v) is 6.24. The Morgan fingerprint density at radius 1 is 1.50 bits per heavy atom. The van der Waals surface area contributed by atoms with Gasteiger partial charge in [-0.25, -0.2) is 4.39 Å². The minimum atomic E-state index is -0.251. The molecule has 1 aliphatic rings. The first kappa shape index (κ1) is 14.8. The molecule has 0 spiro atoms. The van der Waals surface area contributed by atoms with Gasteiger partial charge >= 0.3 is 0 Å². The maximum atomic E-state index is 13.7. The Bertz CT molecular complexity index is 738. The third-order valence-electron chi connectivity index (χ3n) is 3.81. The number of thiophene rings is 1. The van der Waals surface area contributed by atoms with Crippen molar-refractivity contribution in [3.8, 4) is 10.4 Å². The van der Waals surface area contributed by atoms with Gasteiger partial charge in [-0.15, -0.1) is 17.9 Å². The molecule has 114 valence electrons. The number of amides is 1. The largest absolute Gasteiger partial charge is 0.367 e. The van der Waals surface area contributed by atoms with Gasteiger partial charge in [-0.3, -0.25) is 4.79 Å².